The van der Waals surface area contributed by atoms with Gasteiger partial charge in [-0.3, -0.25) is 4.98 Å². The summed E-state index contributed by atoms with van der Waals surface area (Å²) in [4.78, 5) is 15.0. The van der Waals surface area contributed by atoms with Crippen molar-refractivity contribution in [1.82, 2.24) is 15.0 Å². The second-order valence-electron chi connectivity index (χ2n) is 6.43. The van der Waals surface area contributed by atoms with Crippen LogP contribution in [0.15, 0.2) is 61.1 Å². The monoisotopic (exact) mass is 349 g/mol. The molecule has 1 aromatic carbocycles. The van der Waals surface area contributed by atoms with Crippen molar-refractivity contribution in [2.24, 2.45) is 5.92 Å². The molecule has 0 bridgehead atoms. The number of nitrogens with zero attached hydrogens (tertiary/aromatic N) is 4. The van der Waals surface area contributed by atoms with E-state index in [4.69, 9.17) is 0 Å². The van der Waals surface area contributed by atoms with E-state index in [9.17, 15) is 4.39 Å². The van der Waals surface area contributed by atoms with Gasteiger partial charge >= 0.3 is 0 Å². The fourth-order valence-corrected chi connectivity index (χ4v) is 3.29. The Kier molecular flexibility index (Phi) is 4.73. The first-order valence-electron chi connectivity index (χ1n) is 8.76. The zero-order chi connectivity index (χ0) is 17.8. The van der Waals surface area contributed by atoms with Gasteiger partial charge in [0.2, 0.25) is 5.95 Å². The van der Waals surface area contributed by atoms with Crippen molar-refractivity contribution < 1.29 is 4.39 Å². The predicted octanol–water partition coefficient (Wildman–Crippen LogP) is 3.62. The largest absolute Gasteiger partial charge is 0.369 e. The van der Waals surface area contributed by atoms with Gasteiger partial charge in [0, 0.05) is 43.8 Å². The minimum atomic E-state index is -0.158. The molecule has 2 aromatic heterocycles. The smallest absolute Gasteiger partial charge is 0.223 e. The Morgan fingerprint density at radius 1 is 1.08 bits per heavy atom. The lowest BCUT2D eigenvalue weighted by atomic mass is 10.1. The Labute approximate surface area is 151 Å². The first-order chi connectivity index (χ1) is 12.8. The fourth-order valence-electron chi connectivity index (χ4n) is 3.29. The van der Waals surface area contributed by atoms with E-state index < -0.39 is 0 Å². The standard InChI is InChI=1S/C20H20FN5/c21-17-3-1-2-4-19(17)26-12-8-15(14-26)13-24-20-23-11-7-18(25-20)16-5-9-22-10-6-16/h1-7,9-11,15H,8,12-14H2,(H,23,24,25). The summed E-state index contributed by atoms with van der Waals surface area (Å²) in [7, 11) is 0. The Hall–Kier alpha value is -3.02. The van der Waals surface area contributed by atoms with Gasteiger partial charge in [-0.15, -0.1) is 0 Å². The average Bonchev–Trinajstić information content (AvgIpc) is 3.16. The van der Waals surface area contributed by atoms with Crippen molar-refractivity contribution in [3.63, 3.8) is 0 Å². The molecule has 1 fully saturated rings. The van der Waals surface area contributed by atoms with E-state index in [1.54, 1.807) is 24.7 Å². The number of anilines is 2. The fraction of sp³-hybridized carbons (Fsp3) is 0.250. The van der Waals surface area contributed by atoms with E-state index >= 15 is 0 Å². The van der Waals surface area contributed by atoms with Crippen LogP contribution in [-0.4, -0.2) is 34.6 Å². The summed E-state index contributed by atoms with van der Waals surface area (Å²) in [6.07, 6.45) is 6.28. The summed E-state index contributed by atoms with van der Waals surface area (Å²) in [5.74, 6) is 0.890. The number of benzene rings is 1. The minimum absolute atomic E-state index is 0.158. The van der Waals surface area contributed by atoms with E-state index in [0.29, 0.717) is 17.6 Å². The normalized spacial score (nSPS) is 16.7. The Morgan fingerprint density at radius 3 is 2.77 bits per heavy atom. The maximum absolute atomic E-state index is 13.9. The molecule has 0 saturated carbocycles. The minimum Gasteiger partial charge on any atom is -0.369 e. The van der Waals surface area contributed by atoms with Crippen LogP contribution in [0.1, 0.15) is 6.42 Å². The van der Waals surface area contributed by atoms with Crippen LogP contribution in [0, 0.1) is 11.7 Å². The molecule has 1 aliphatic heterocycles. The highest BCUT2D eigenvalue weighted by molar-refractivity contribution is 5.59. The maximum Gasteiger partial charge on any atom is 0.223 e. The number of hydrogen-bond acceptors (Lipinski definition) is 5. The van der Waals surface area contributed by atoms with Gasteiger partial charge in [0.15, 0.2) is 0 Å². The highest BCUT2D eigenvalue weighted by atomic mass is 19.1. The van der Waals surface area contributed by atoms with Crippen molar-refractivity contribution >= 4 is 11.6 Å². The number of pyridine rings is 1. The summed E-state index contributed by atoms with van der Waals surface area (Å²) in [5, 5.41) is 3.33. The van der Waals surface area contributed by atoms with E-state index in [-0.39, 0.29) is 5.82 Å². The third-order valence-electron chi connectivity index (χ3n) is 4.66. The van der Waals surface area contributed by atoms with Gasteiger partial charge in [0.25, 0.3) is 0 Å². The van der Waals surface area contributed by atoms with Crippen molar-refractivity contribution in [1.29, 1.82) is 0 Å². The molecule has 5 nitrogen and oxygen atoms in total. The highest BCUT2D eigenvalue weighted by Gasteiger charge is 2.24. The van der Waals surface area contributed by atoms with E-state index in [1.807, 2.05) is 30.3 Å². The maximum atomic E-state index is 13.9. The quantitative estimate of drug-likeness (QED) is 0.762. The van der Waals surface area contributed by atoms with Gasteiger partial charge in [-0.2, -0.15) is 0 Å². The second kappa shape index (κ2) is 7.47. The molecule has 1 unspecified atom stereocenters. The summed E-state index contributed by atoms with van der Waals surface area (Å²) in [6, 6.07) is 12.7. The first-order valence-corrected chi connectivity index (χ1v) is 8.76. The van der Waals surface area contributed by atoms with E-state index in [0.717, 1.165) is 37.3 Å². The van der Waals surface area contributed by atoms with Gasteiger partial charge in [0.1, 0.15) is 5.82 Å². The highest BCUT2D eigenvalue weighted by Crippen LogP contribution is 2.26. The molecular weight excluding hydrogens is 329 g/mol. The molecular formula is C20H20FN5. The molecule has 0 amide bonds. The third kappa shape index (κ3) is 3.64. The van der Waals surface area contributed by atoms with Crippen molar-refractivity contribution in [3.05, 3.63) is 66.9 Å². The molecule has 132 valence electrons. The molecule has 1 aliphatic rings. The second-order valence-corrected chi connectivity index (χ2v) is 6.43. The van der Waals surface area contributed by atoms with Crippen LogP contribution in [0.3, 0.4) is 0 Å². The first kappa shape index (κ1) is 16.4. The Bertz CT molecular complexity index is 871. The summed E-state index contributed by atoms with van der Waals surface area (Å²) < 4.78 is 13.9. The van der Waals surface area contributed by atoms with Crippen molar-refractivity contribution in [2.45, 2.75) is 6.42 Å². The van der Waals surface area contributed by atoms with Crippen LogP contribution in [0.2, 0.25) is 0 Å². The van der Waals surface area contributed by atoms with E-state index in [2.05, 4.69) is 25.2 Å². The zero-order valence-electron chi connectivity index (χ0n) is 14.3. The van der Waals surface area contributed by atoms with Crippen LogP contribution in [0.25, 0.3) is 11.3 Å². The SMILES string of the molecule is Fc1ccccc1N1CCC(CNc2nccc(-c3ccncc3)n2)C1. The summed E-state index contributed by atoms with van der Waals surface area (Å²) in [5.41, 5.74) is 2.56. The molecule has 1 N–H and O–H groups in total. The molecule has 3 heterocycles. The van der Waals surface area contributed by atoms with Crippen LogP contribution >= 0.6 is 0 Å². The average molecular weight is 349 g/mol. The van der Waals surface area contributed by atoms with Crippen molar-refractivity contribution in [2.75, 3.05) is 29.9 Å². The lowest BCUT2D eigenvalue weighted by Gasteiger charge is -2.19. The van der Waals surface area contributed by atoms with Gasteiger partial charge < -0.3 is 10.2 Å². The van der Waals surface area contributed by atoms with Gasteiger partial charge in [0.05, 0.1) is 11.4 Å². The molecule has 3 aromatic rings. The molecule has 1 saturated heterocycles. The zero-order valence-corrected chi connectivity index (χ0v) is 14.3. The molecule has 26 heavy (non-hydrogen) atoms. The molecule has 4 rings (SSSR count). The molecule has 0 aliphatic carbocycles. The summed E-state index contributed by atoms with van der Waals surface area (Å²) >= 11 is 0. The lowest BCUT2D eigenvalue weighted by molar-refractivity contribution is 0.609. The van der Waals surface area contributed by atoms with E-state index in [1.165, 1.54) is 6.07 Å². The van der Waals surface area contributed by atoms with Crippen LogP contribution in [0.5, 0.6) is 0 Å². The Morgan fingerprint density at radius 2 is 1.92 bits per heavy atom. The lowest BCUT2D eigenvalue weighted by Crippen LogP contribution is -2.23. The number of rotatable bonds is 5. The Balaban J connectivity index is 1.37. The van der Waals surface area contributed by atoms with Gasteiger partial charge in [-0.1, -0.05) is 12.1 Å². The number of hydrogen-bond donors (Lipinski definition) is 1. The molecule has 6 heteroatoms. The number of nitrogens with one attached hydrogen (secondary N) is 1. The number of para-hydroxylation sites is 1. The molecule has 0 spiro atoms. The summed E-state index contributed by atoms with van der Waals surface area (Å²) in [6.45, 7) is 2.47. The van der Waals surface area contributed by atoms with Crippen molar-refractivity contribution in [3.8, 4) is 11.3 Å². The van der Waals surface area contributed by atoms with Gasteiger partial charge in [-0.25, -0.2) is 14.4 Å². The predicted molar refractivity (Wildman–Crippen MR) is 100 cm³/mol. The van der Waals surface area contributed by atoms with Crippen LogP contribution in [-0.2, 0) is 0 Å². The molecule has 1 atom stereocenters. The topological polar surface area (TPSA) is 53.9 Å². The molecule has 0 radical (unpaired) electrons. The third-order valence-corrected chi connectivity index (χ3v) is 4.66. The van der Waals surface area contributed by atoms with Crippen LogP contribution in [0.4, 0.5) is 16.0 Å². The number of aromatic nitrogens is 3. The number of halogens is 1. The van der Waals surface area contributed by atoms with Gasteiger partial charge in [-0.05, 0) is 42.7 Å². The van der Waals surface area contributed by atoms with Crippen LogP contribution < -0.4 is 10.2 Å².